The first kappa shape index (κ1) is 20.1. The Bertz CT molecular complexity index is 364. The van der Waals surface area contributed by atoms with Gasteiger partial charge in [0, 0.05) is 13.1 Å². The Kier molecular flexibility index (Phi) is 9.56. The summed E-state index contributed by atoms with van der Waals surface area (Å²) in [6.45, 7) is 13.7. The van der Waals surface area contributed by atoms with Crippen LogP contribution >= 0.6 is 0 Å². The Balaban J connectivity index is 0.00000400. The molecule has 0 unspecified atom stereocenters. The molecule has 0 N–H and O–H groups in total. The van der Waals surface area contributed by atoms with Crippen LogP contribution in [0, 0.1) is 0 Å². The van der Waals surface area contributed by atoms with Gasteiger partial charge in [-0.2, -0.15) is 5.06 Å². The standard InChI is InChI=1S/C18H31NO.CH4/c1-6-8-9-14-19(20-7-2)15-16-10-12-17(13-11-16)18(3,4)5;/h10-13H,6-9,14-15H2,1-5H3;1H4. The highest BCUT2D eigenvalue weighted by Gasteiger charge is 2.13. The zero-order chi connectivity index (χ0) is 15.0. The smallest absolute Gasteiger partial charge is 0.0657 e. The fraction of sp³-hybridized carbons (Fsp3) is 0.684. The monoisotopic (exact) mass is 293 g/mol. The molecule has 0 spiro atoms. The number of benzene rings is 1. The Labute approximate surface area is 132 Å². The third kappa shape index (κ3) is 7.63. The molecule has 0 saturated heterocycles. The van der Waals surface area contributed by atoms with Gasteiger partial charge in [-0.3, -0.25) is 4.84 Å². The average molecular weight is 293 g/mol. The van der Waals surface area contributed by atoms with Crippen LogP contribution in [0.1, 0.15) is 72.4 Å². The van der Waals surface area contributed by atoms with Crippen molar-refractivity contribution < 1.29 is 4.84 Å². The van der Waals surface area contributed by atoms with Gasteiger partial charge in [-0.05, 0) is 29.9 Å². The molecule has 1 aromatic rings. The van der Waals surface area contributed by atoms with E-state index in [1.165, 1.54) is 30.4 Å². The molecule has 0 atom stereocenters. The lowest BCUT2D eigenvalue weighted by molar-refractivity contribution is -0.162. The molecule has 0 radical (unpaired) electrons. The molecule has 1 rings (SSSR count). The molecule has 0 bridgehead atoms. The van der Waals surface area contributed by atoms with Crippen LogP contribution in [-0.4, -0.2) is 18.2 Å². The van der Waals surface area contributed by atoms with E-state index in [0.717, 1.165) is 19.7 Å². The van der Waals surface area contributed by atoms with E-state index in [9.17, 15) is 0 Å². The lowest BCUT2D eigenvalue weighted by Gasteiger charge is -2.22. The van der Waals surface area contributed by atoms with Crippen LogP contribution < -0.4 is 0 Å². The first-order valence-electron chi connectivity index (χ1n) is 7.94. The van der Waals surface area contributed by atoms with E-state index in [1.807, 2.05) is 0 Å². The quantitative estimate of drug-likeness (QED) is 0.459. The van der Waals surface area contributed by atoms with E-state index in [-0.39, 0.29) is 12.8 Å². The zero-order valence-corrected chi connectivity index (χ0v) is 13.9. The second-order valence-corrected chi connectivity index (χ2v) is 6.44. The van der Waals surface area contributed by atoms with Gasteiger partial charge in [-0.15, -0.1) is 0 Å². The van der Waals surface area contributed by atoms with Crippen molar-refractivity contribution >= 4 is 0 Å². The molecule has 2 nitrogen and oxygen atoms in total. The van der Waals surface area contributed by atoms with Crippen LogP contribution in [0.15, 0.2) is 24.3 Å². The summed E-state index contributed by atoms with van der Waals surface area (Å²) in [5.74, 6) is 0. The van der Waals surface area contributed by atoms with Crippen LogP contribution in [-0.2, 0) is 16.8 Å². The molecule has 0 aliphatic heterocycles. The molecule has 21 heavy (non-hydrogen) atoms. The summed E-state index contributed by atoms with van der Waals surface area (Å²) in [6.07, 6.45) is 3.73. The van der Waals surface area contributed by atoms with Crippen LogP contribution in [0.2, 0.25) is 0 Å². The summed E-state index contributed by atoms with van der Waals surface area (Å²) in [7, 11) is 0. The van der Waals surface area contributed by atoms with E-state index in [1.54, 1.807) is 0 Å². The Morgan fingerprint density at radius 2 is 1.62 bits per heavy atom. The second-order valence-electron chi connectivity index (χ2n) is 6.44. The summed E-state index contributed by atoms with van der Waals surface area (Å²) in [6, 6.07) is 8.94. The van der Waals surface area contributed by atoms with Crippen molar-refractivity contribution in [1.29, 1.82) is 0 Å². The maximum atomic E-state index is 5.72. The summed E-state index contributed by atoms with van der Waals surface area (Å²) < 4.78 is 0. The molecule has 2 heteroatoms. The average Bonchev–Trinajstić information content (AvgIpc) is 2.39. The summed E-state index contributed by atoms with van der Waals surface area (Å²) in [5, 5.41) is 2.10. The third-order valence-corrected chi connectivity index (χ3v) is 3.50. The number of rotatable bonds is 8. The lowest BCUT2D eigenvalue weighted by Crippen LogP contribution is -2.25. The fourth-order valence-electron chi connectivity index (χ4n) is 2.22. The van der Waals surface area contributed by atoms with E-state index in [2.05, 4.69) is 63.9 Å². The highest BCUT2D eigenvalue weighted by atomic mass is 16.7. The van der Waals surface area contributed by atoms with Crippen LogP contribution in [0.4, 0.5) is 0 Å². The Morgan fingerprint density at radius 3 is 2.10 bits per heavy atom. The van der Waals surface area contributed by atoms with Gasteiger partial charge >= 0.3 is 0 Å². The number of hydroxylamine groups is 2. The maximum absolute atomic E-state index is 5.72. The molecule has 0 amide bonds. The van der Waals surface area contributed by atoms with Gasteiger partial charge in [0.25, 0.3) is 0 Å². The van der Waals surface area contributed by atoms with E-state index in [4.69, 9.17) is 4.84 Å². The molecule has 0 aromatic heterocycles. The summed E-state index contributed by atoms with van der Waals surface area (Å²) >= 11 is 0. The van der Waals surface area contributed by atoms with E-state index < -0.39 is 0 Å². The van der Waals surface area contributed by atoms with Gasteiger partial charge < -0.3 is 0 Å². The normalized spacial score (nSPS) is 11.5. The van der Waals surface area contributed by atoms with Gasteiger partial charge in [0.05, 0.1) is 6.61 Å². The predicted octanol–water partition coefficient (Wildman–Crippen LogP) is 5.56. The van der Waals surface area contributed by atoms with Gasteiger partial charge in [0.1, 0.15) is 0 Å². The van der Waals surface area contributed by atoms with Crippen molar-refractivity contribution in [3.63, 3.8) is 0 Å². The van der Waals surface area contributed by atoms with E-state index in [0.29, 0.717) is 0 Å². The van der Waals surface area contributed by atoms with Crippen molar-refractivity contribution in [2.24, 2.45) is 0 Å². The molecular formula is C19H35NO. The van der Waals surface area contributed by atoms with Crippen LogP contribution in [0.3, 0.4) is 0 Å². The first-order valence-corrected chi connectivity index (χ1v) is 7.94. The number of hydrogen-bond acceptors (Lipinski definition) is 2. The largest absolute Gasteiger partial charge is 0.299 e. The minimum atomic E-state index is 0. The van der Waals surface area contributed by atoms with Crippen molar-refractivity contribution in [1.82, 2.24) is 5.06 Å². The molecule has 0 saturated carbocycles. The molecule has 0 aliphatic carbocycles. The predicted molar refractivity (Wildman–Crippen MR) is 93.4 cm³/mol. The molecule has 0 fully saturated rings. The van der Waals surface area contributed by atoms with Crippen molar-refractivity contribution in [3.8, 4) is 0 Å². The lowest BCUT2D eigenvalue weighted by atomic mass is 9.87. The number of hydrogen-bond donors (Lipinski definition) is 0. The number of unbranched alkanes of at least 4 members (excludes halogenated alkanes) is 2. The van der Waals surface area contributed by atoms with Crippen LogP contribution in [0.25, 0.3) is 0 Å². The molecular weight excluding hydrogens is 258 g/mol. The molecule has 0 aliphatic rings. The van der Waals surface area contributed by atoms with Gasteiger partial charge in [0.2, 0.25) is 0 Å². The highest BCUT2D eigenvalue weighted by molar-refractivity contribution is 5.27. The number of nitrogens with zero attached hydrogens (tertiary/aromatic N) is 1. The third-order valence-electron chi connectivity index (χ3n) is 3.50. The van der Waals surface area contributed by atoms with Crippen molar-refractivity contribution in [2.45, 2.75) is 73.3 Å². The van der Waals surface area contributed by atoms with Gasteiger partial charge in [0.15, 0.2) is 0 Å². The summed E-state index contributed by atoms with van der Waals surface area (Å²) in [5.41, 5.74) is 2.93. The first-order chi connectivity index (χ1) is 9.47. The molecule has 1 aromatic carbocycles. The Hall–Kier alpha value is -0.860. The SMILES string of the molecule is C.CCCCCN(Cc1ccc(C(C)(C)C)cc1)OCC. The second kappa shape index (κ2) is 9.97. The minimum absolute atomic E-state index is 0. The fourth-order valence-corrected chi connectivity index (χ4v) is 2.22. The molecule has 0 heterocycles. The maximum Gasteiger partial charge on any atom is 0.0657 e. The van der Waals surface area contributed by atoms with Crippen LogP contribution in [0.5, 0.6) is 0 Å². The highest BCUT2D eigenvalue weighted by Crippen LogP contribution is 2.22. The van der Waals surface area contributed by atoms with Crippen molar-refractivity contribution in [2.75, 3.05) is 13.2 Å². The minimum Gasteiger partial charge on any atom is -0.299 e. The zero-order valence-electron chi connectivity index (χ0n) is 13.9. The van der Waals surface area contributed by atoms with Gasteiger partial charge in [-0.25, -0.2) is 0 Å². The van der Waals surface area contributed by atoms with Crippen molar-refractivity contribution in [3.05, 3.63) is 35.4 Å². The van der Waals surface area contributed by atoms with E-state index >= 15 is 0 Å². The topological polar surface area (TPSA) is 12.5 Å². The molecule has 122 valence electrons. The van der Waals surface area contributed by atoms with Gasteiger partial charge in [-0.1, -0.05) is 72.2 Å². The Morgan fingerprint density at radius 1 is 1.00 bits per heavy atom. The summed E-state index contributed by atoms with van der Waals surface area (Å²) in [4.78, 5) is 5.72.